The van der Waals surface area contributed by atoms with E-state index in [1.54, 1.807) is 11.9 Å². The van der Waals surface area contributed by atoms with Crippen molar-refractivity contribution in [2.24, 2.45) is 0 Å². The second-order valence-corrected chi connectivity index (χ2v) is 4.16. The fourth-order valence-corrected chi connectivity index (χ4v) is 1.72. The number of aliphatic hydroxyl groups excluding tert-OH is 1. The first kappa shape index (κ1) is 12.5. The molecule has 0 aliphatic rings. The highest BCUT2D eigenvalue weighted by atomic mass is 19.1. The van der Waals surface area contributed by atoms with E-state index < -0.39 is 5.82 Å². The lowest BCUT2D eigenvalue weighted by Crippen LogP contribution is -2.14. The number of anilines is 2. The van der Waals surface area contributed by atoms with Crippen LogP contribution in [-0.4, -0.2) is 17.1 Å². The molecule has 0 bridgehead atoms. The molecule has 0 aliphatic carbocycles. The zero-order valence-corrected chi connectivity index (χ0v) is 10.4. The van der Waals surface area contributed by atoms with Crippen LogP contribution in [0, 0.1) is 12.7 Å². The number of pyridine rings is 1. The molecule has 3 nitrogen and oxygen atoms in total. The van der Waals surface area contributed by atoms with Crippen molar-refractivity contribution in [2.75, 3.05) is 11.9 Å². The van der Waals surface area contributed by atoms with Crippen molar-refractivity contribution in [1.29, 1.82) is 0 Å². The summed E-state index contributed by atoms with van der Waals surface area (Å²) in [5.41, 5.74) is 2.24. The van der Waals surface area contributed by atoms with Crippen molar-refractivity contribution in [3.8, 4) is 0 Å². The third kappa shape index (κ3) is 2.33. The minimum Gasteiger partial charge on any atom is -0.392 e. The molecule has 1 heterocycles. The van der Waals surface area contributed by atoms with E-state index in [1.165, 1.54) is 12.3 Å². The highest BCUT2D eigenvalue weighted by Gasteiger charge is 2.13. The van der Waals surface area contributed by atoms with Gasteiger partial charge in [-0.1, -0.05) is 17.7 Å². The van der Waals surface area contributed by atoms with Gasteiger partial charge in [-0.05, 0) is 25.1 Å². The van der Waals surface area contributed by atoms with Crippen LogP contribution in [0.4, 0.5) is 15.9 Å². The molecule has 0 spiro atoms. The molecule has 0 saturated heterocycles. The number of aromatic nitrogens is 1. The van der Waals surface area contributed by atoms with E-state index in [0.717, 1.165) is 11.3 Å². The maximum Gasteiger partial charge on any atom is 0.171 e. The monoisotopic (exact) mass is 246 g/mol. The van der Waals surface area contributed by atoms with E-state index in [1.807, 2.05) is 31.2 Å². The van der Waals surface area contributed by atoms with Crippen LogP contribution in [0.3, 0.4) is 0 Å². The number of halogens is 1. The molecule has 1 aromatic carbocycles. The third-order valence-electron chi connectivity index (χ3n) is 2.86. The lowest BCUT2D eigenvalue weighted by molar-refractivity contribution is 0.275. The van der Waals surface area contributed by atoms with E-state index in [2.05, 4.69) is 4.98 Å². The summed E-state index contributed by atoms with van der Waals surface area (Å²) in [6, 6.07) is 9.20. The molecule has 1 N–H and O–H groups in total. The Labute approximate surface area is 106 Å². The normalized spacial score (nSPS) is 10.4. The van der Waals surface area contributed by atoms with Crippen molar-refractivity contribution in [3.63, 3.8) is 0 Å². The van der Waals surface area contributed by atoms with Crippen molar-refractivity contribution in [3.05, 3.63) is 53.5 Å². The Bertz CT molecular complexity index is 540. The molecule has 0 atom stereocenters. The van der Waals surface area contributed by atoms with Crippen LogP contribution < -0.4 is 4.90 Å². The van der Waals surface area contributed by atoms with Crippen LogP contribution >= 0.6 is 0 Å². The first-order valence-electron chi connectivity index (χ1n) is 5.68. The molecule has 1 aromatic heterocycles. The number of aliphatic hydroxyl groups is 1. The minimum absolute atomic E-state index is 0.213. The molecule has 94 valence electrons. The van der Waals surface area contributed by atoms with Crippen molar-refractivity contribution >= 4 is 11.5 Å². The van der Waals surface area contributed by atoms with Crippen LogP contribution in [0.2, 0.25) is 0 Å². The SMILES string of the molecule is Cc1ccc(N(C)c2nccc(CO)c2F)cc1. The minimum atomic E-state index is -0.483. The predicted octanol–water partition coefficient (Wildman–Crippen LogP) is 2.79. The molecule has 18 heavy (non-hydrogen) atoms. The average molecular weight is 246 g/mol. The third-order valence-corrected chi connectivity index (χ3v) is 2.86. The second kappa shape index (κ2) is 5.14. The Balaban J connectivity index is 2.39. The topological polar surface area (TPSA) is 36.4 Å². The maximum absolute atomic E-state index is 14.0. The molecule has 4 heteroatoms. The molecular formula is C14H15FN2O. The highest BCUT2D eigenvalue weighted by molar-refractivity contribution is 5.60. The Morgan fingerprint density at radius 2 is 1.89 bits per heavy atom. The molecule has 2 rings (SSSR count). The van der Waals surface area contributed by atoms with Gasteiger partial charge in [-0.25, -0.2) is 9.37 Å². The first-order valence-corrected chi connectivity index (χ1v) is 5.68. The molecule has 0 radical (unpaired) electrons. The Morgan fingerprint density at radius 1 is 1.22 bits per heavy atom. The van der Waals surface area contributed by atoms with Crippen molar-refractivity contribution < 1.29 is 9.50 Å². The van der Waals surface area contributed by atoms with Gasteiger partial charge in [0.1, 0.15) is 0 Å². The van der Waals surface area contributed by atoms with Gasteiger partial charge in [0, 0.05) is 24.5 Å². The molecule has 0 saturated carbocycles. The Hall–Kier alpha value is -1.94. The lowest BCUT2D eigenvalue weighted by Gasteiger charge is -2.19. The average Bonchev–Trinajstić information content (AvgIpc) is 2.39. The van der Waals surface area contributed by atoms with Gasteiger partial charge in [-0.15, -0.1) is 0 Å². The molecule has 0 amide bonds. The van der Waals surface area contributed by atoms with Crippen LogP contribution in [0.5, 0.6) is 0 Å². The van der Waals surface area contributed by atoms with Gasteiger partial charge in [-0.3, -0.25) is 0 Å². The zero-order valence-electron chi connectivity index (χ0n) is 10.4. The van der Waals surface area contributed by atoms with Crippen LogP contribution in [0.1, 0.15) is 11.1 Å². The number of benzene rings is 1. The van der Waals surface area contributed by atoms with Crippen LogP contribution in [0.25, 0.3) is 0 Å². The summed E-state index contributed by atoms with van der Waals surface area (Å²) in [5, 5.41) is 9.05. The lowest BCUT2D eigenvalue weighted by atomic mass is 10.2. The van der Waals surface area contributed by atoms with E-state index in [0.29, 0.717) is 0 Å². The smallest absolute Gasteiger partial charge is 0.171 e. The number of hydrogen-bond acceptors (Lipinski definition) is 3. The van der Waals surface area contributed by atoms with Gasteiger partial charge in [0.05, 0.1) is 6.61 Å². The van der Waals surface area contributed by atoms with E-state index in [9.17, 15) is 4.39 Å². The van der Waals surface area contributed by atoms with Crippen molar-refractivity contribution in [1.82, 2.24) is 4.98 Å². The molecule has 0 aliphatic heterocycles. The largest absolute Gasteiger partial charge is 0.392 e. The second-order valence-electron chi connectivity index (χ2n) is 4.16. The summed E-state index contributed by atoms with van der Waals surface area (Å²) in [6.07, 6.45) is 1.49. The summed E-state index contributed by atoms with van der Waals surface area (Å²) >= 11 is 0. The quantitative estimate of drug-likeness (QED) is 0.904. The van der Waals surface area contributed by atoms with Gasteiger partial charge in [0.2, 0.25) is 0 Å². The van der Waals surface area contributed by atoms with E-state index in [4.69, 9.17) is 5.11 Å². The van der Waals surface area contributed by atoms with Crippen molar-refractivity contribution in [2.45, 2.75) is 13.5 Å². The molecule has 2 aromatic rings. The zero-order chi connectivity index (χ0) is 13.1. The Kier molecular flexibility index (Phi) is 3.58. The summed E-state index contributed by atoms with van der Waals surface area (Å²) in [4.78, 5) is 5.69. The summed E-state index contributed by atoms with van der Waals surface area (Å²) in [7, 11) is 1.75. The molecular weight excluding hydrogens is 231 g/mol. The standard InChI is InChI=1S/C14H15FN2O/c1-10-3-5-12(6-4-10)17(2)14-13(15)11(9-18)7-8-16-14/h3-8,18H,9H2,1-2H3. The molecule has 0 unspecified atom stereocenters. The van der Waals surface area contributed by atoms with E-state index in [-0.39, 0.29) is 18.0 Å². The van der Waals surface area contributed by atoms with Crippen LogP contribution in [-0.2, 0) is 6.61 Å². The number of aryl methyl sites for hydroxylation is 1. The predicted molar refractivity (Wildman–Crippen MR) is 69.4 cm³/mol. The first-order chi connectivity index (χ1) is 8.63. The fraction of sp³-hybridized carbons (Fsp3) is 0.214. The number of rotatable bonds is 3. The van der Waals surface area contributed by atoms with E-state index >= 15 is 0 Å². The van der Waals surface area contributed by atoms with Gasteiger partial charge in [-0.2, -0.15) is 0 Å². The summed E-state index contributed by atoms with van der Waals surface area (Å²) < 4.78 is 14.0. The van der Waals surface area contributed by atoms with Crippen LogP contribution in [0.15, 0.2) is 36.5 Å². The Morgan fingerprint density at radius 3 is 2.50 bits per heavy atom. The van der Waals surface area contributed by atoms with Gasteiger partial charge in [0.15, 0.2) is 11.6 Å². The maximum atomic E-state index is 14.0. The fourth-order valence-electron chi connectivity index (χ4n) is 1.72. The highest BCUT2D eigenvalue weighted by Crippen LogP contribution is 2.25. The van der Waals surface area contributed by atoms with Gasteiger partial charge in [0.25, 0.3) is 0 Å². The molecule has 0 fully saturated rings. The van der Waals surface area contributed by atoms with Gasteiger partial charge < -0.3 is 10.0 Å². The number of hydrogen-bond donors (Lipinski definition) is 1. The summed E-state index contributed by atoms with van der Waals surface area (Å²) in [6.45, 7) is 1.66. The number of nitrogens with zero attached hydrogens (tertiary/aromatic N) is 2. The summed E-state index contributed by atoms with van der Waals surface area (Å²) in [5.74, 6) is -0.270. The van der Waals surface area contributed by atoms with Gasteiger partial charge >= 0.3 is 0 Å².